The summed E-state index contributed by atoms with van der Waals surface area (Å²) in [6, 6.07) is 10.1. The SMILES string of the molecule is C=C(Nc1cc(N2CCN(C)CC2)ccc1N)c1c(N)c2c(F)cccc2[nH]c1=O. The topological polar surface area (TPSA) is 103 Å². The molecule has 0 amide bonds. The molecular weight excluding hydrogens is 383 g/mol. The van der Waals surface area contributed by atoms with Crippen LogP contribution < -0.4 is 27.2 Å². The molecule has 1 fully saturated rings. The number of hydrogen-bond donors (Lipinski definition) is 4. The van der Waals surface area contributed by atoms with Gasteiger partial charge < -0.3 is 31.6 Å². The Bertz CT molecular complexity index is 1180. The summed E-state index contributed by atoms with van der Waals surface area (Å²) in [4.78, 5) is 19.9. The minimum absolute atomic E-state index is 0.0399. The molecule has 4 rings (SSSR count). The molecule has 6 N–H and O–H groups in total. The Kier molecular flexibility index (Phi) is 5.09. The number of H-pyrrole nitrogens is 1. The molecule has 1 aliphatic heterocycles. The molecule has 2 aromatic carbocycles. The van der Waals surface area contributed by atoms with E-state index in [9.17, 15) is 9.18 Å². The third-order valence-electron chi connectivity index (χ3n) is 5.52. The van der Waals surface area contributed by atoms with E-state index in [2.05, 4.69) is 33.7 Å². The van der Waals surface area contributed by atoms with Gasteiger partial charge in [-0.25, -0.2) is 4.39 Å². The van der Waals surface area contributed by atoms with E-state index in [0.29, 0.717) is 16.9 Å². The van der Waals surface area contributed by atoms with Crippen molar-refractivity contribution in [3.8, 4) is 0 Å². The van der Waals surface area contributed by atoms with Crippen LogP contribution in [-0.4, -0.2) is 43.1 Å². The van der Waals surface area contributed by atoms with Crippen LogP contribution in [0.15, 0.2) is 47.8 Å². The number of nitrogens with zero attached hydrogens (tertiary/aromatic N) is 2. The van der Waals surface area contributed by atoms with Crippen LogP contribution in [0.4, 0.5) is 27.1 Å². The lowest BCUT2D eigenvalue weighted by molar-refractivity contribution is 0.313. The second-order valence-electron chi connectivity index (χ2n) is 7.57. The van der Waals surface area contributed by atoms with Gasteiger partial charge in [0.15, 0.2) is 0 Å². The number of halogens is 1. The first-order valence-electron chi connectivity index (χ1n) is 9.74. The molecule has 0 saturated carbocycles. The monoisotopic (exact) mass is 408 g/mol. The van der Waals surface area contributed by atoms with E-state index in [1.165, 1.54) is 12.1 Å². The zero-order valence-electron chi connectivity index (χ0n) is 16.8. The molecule has 0 spiro atoms. The molecule has 8 heteroatoms. The predicted octanol–water partition coefficient (Wildman–Crippen LogP) is 2.67. The molecule has 1 aliphatic rings. The third kappa shape index (κ3) is 3.57. The van der Waals surface area contributed by atoms with Crippen molar-refractivity contribution in [3.05, 3.63) is 64.7 Å². The number of rotatable bonds is 4. The molecule has 2 heterocycles. The Labute approximate surface area is 173 Å². The second-order valence-corrected chi connectivity index (χ2v) is 7.57. The van der Waals surface area contributed by atoms with Crippen molar-refractivity contribution in [3.63, 3.8) is 0 Å². The average Bonchev–Trinajstić information content (AvgIpc) is 2.70. The maximum atomic E-state index is 14.3. The molecule has 30 heavy (non-hydrogen) atoms. The maximum absolute atomic E-state index is 14.3. The van der Waals surface area contributed by atoms with Crippen LogP contribution in [0.5, 0.6) is 0 Å². The maximum Gasteiger partial charge on any atom is 0.259 e. The normalized spacial score (nSPS) is 14.8. The second kappa shape index (κ2) is 7.72. The van der Waals surface area contributed by atoms with Gasteiger partial charge in [0.05, 0.1) is 33.5 Å². The number of nitrogens with one attached hydrogen (secondary N) is 2. The van der Waals surface area contributed by atoms with Crippen molar-refractivity contribution in [2.45, 2.75) is 0 Å². The Hall–Kier alpha value is -3.52. The van der Waals surface area contributed by atoms with Crippen molar-refractivity contribution < 1.29 is 4.39 Å². The molecule has 3 aromatic rings. The number of benzene rings is 2. The summed E-state index contributed by atoms with van der Waals surface area (Å²) in [6.07, 6.45) is 0. The van der Waals surface area contributed by atoms with E-state index < -0.39 is 11.4 Å². The van der Waals surface area contributed by atoms with E-state index >= 15 is 0 Å². The Balaban J connectivity index is 1.67. The lowest BCUT2D eigenvalue weighted by Crippen LogP contribution is -2.44. The molecule has 1 aromatic heterocycles. The first-order chi connectivity index (χ1) is 14.3. The van der Waals surface area contributed by atoms with Crippen molar-refractivity contribution in [1.82, 2.24) is 9.88 Å². The number of piperazine rings is 1. The van der Waals surface area contributed by atoms with Gasteiger partial charge in [-0.1, -0.05) is 12.6 Å². The number of fused-ring (bicyclic) bond motifs is 1. The highest BCUT2D eigenvalue weighted by atomic mass is 19.1. The number of anilines is 4. The Morgan fingerprint density at radius 3 is 2.63 bits per heavy atom. The highest BCUT2D eigenvalue weighted by Gasteiger charge is 2.18. The Morgan fingerprint density at radius 2 is 1.90 bits per heavy atom. The van der Waals surface area contributed by atoms with Gasteiger partial charge in [-0.15, -0.1) is 0 Å². The molecule has 0 aliphatic carbocycles. The molecular formula is C22H25FN6O. The number of aromatic amines is 1. The summed E-state index contributed by atoms with van der Waals surface area (Å²) < 4.78 is 14.3. The molecule has 156 valence electrons. The van der Waals surface area contributed by atoms with Gasteiger partial charge in [0.1, 0.15) is 5.82 Å². The van der Waals surface area contributed by atoms with Crippen LogP contribution in [0.25, 0.3) is 16.6 Å². The fraction of sp³-hybridized carbons (Fsp3) is 0.227. The van der Waals surface area contributed by atoms with Crippen molar-refractivity contribution in [1.29, 1.82) is 0 Å². The summed E-state index contributed by atoms with van der Waals surface area (Å²) >= 11 is 0. The summed E-state index contributed by atoms with van der Waals surface area (Å²) in [7, 11) is 2.10. The smallest absolute Gasteiger partial charge is 0.259 e. The average molecular weight is 408 g/mol. The largest absolute Gasteiger partial charge is 0.397 e. The van der Waals surface area contributed by atoms with Gasteiger partial charge in [0.2, 0.25) is 0 Å². The van der Waals surface area contributed by atoms with Crippen molar-refractivity contribution in [2.75, 3.05) is 54.9 Å². The molecule has 0 atom stereocenters. The van der Waals surface area contributed by atoms with Crippen LogP contribution in [-0.2, 0) is 0 Å². The molecule has 7 nitrogen and oxygen atoms in total. The zero-order chi connectivity index (χ0) is 21.4. The minimum atomic E-state index is -0.508. The Morgan fingerprint density at radius 1 is 1.17 bits per heavy atom. The van der Waals surface area contributed by atoms with E-state index in [1.54, 1.807) is 6.07 Å². The highest BCUT2D eigenvalue weighted by Crippen LogP contribution is 2.31. The lowest BCUT2D eigenvalue weighted by atomic mass is 10.1. The van der Waals surface area contributed by atoms with Crippen LogP contribution >= 0.6 is 0 Å². The zero-order valence-corrected chi connectivity index (χ0v) is 16.8. The summed E-state index contributed by atoms with van der Waals surface area (Å²) in [5.41, 5.74) is 14.7. The number of hydrogen-bond acceptors (Lipinski definition) is 6. The quantitative estimate of drug-likeness (QED) is 0.495. The number of nitrogens with two attached hydrogens (primary N) is 2. The van der Waals surface area contributed by atoms with Gasteiger partial charge in [-0.2, -0.15) is 0 Å². The third-order valence-corrected chi connectivity index (χ3v) is 5.52. The van der Waals surface area contributed by atoms with Crippen LogP contribution in [0, 0.1) is 5.82 Å². The van der Waals surface area contributed by atoms with Crippen LogP contribution in [0.1, 0.15) is 5.56 Å². The first-order valence-corrected chi connectivity index (χ1v) is 9.74. The number of pyridine rings is 1. The molecule has 0 radical (unpaired) electrons. The van der Waals surface area contributed by atoms with Crippen LogP contribution in [0.2, 0.25) is 0 Å². The first kappa shape index (κ1) is 19.8. The van der Waals surface area contributed by atoms with Gasteiger partial charge in [0.25, 0.3) is 5.56 Å². The number of likely N-dealkylation sites (N-methyl/N-ethyl adjacent to an activating group) is 1. The fourth-order valence-corrected chi connectivity index (χ4v) is 3.77. The van der Waals surface area contributed by atoms with Gasteiger partial charge in [0, 0.05) is 37.6 Å². The summed E-state index contributed by atoms with van der Waals surface area (Å²) in [5.74, 6) is -0.508. The fourth-order valence-electron chi connectivity index (χ4n) is 3.77. The van der Waals surface area contributed by atoms with E-state index in [4.69, 9.17) is 11.5 Å². The van der Waals surface area contributed by atoms with Crippen LogP contribution in [0.3, 0.4) is 0 Å². The van der Waals surface area contributed by atoms with Gasteiger partial charge in [-0.3, -0.25) is 4.79 Å². The minimum Gasteiger partial charge on any atom is -0.397 e. The van der Waals surface area contributed by atoms with Crippen molar-refractivity contribution >= 4 is 39.3 Å². The molecule has 1 saturated heterocycles. The van der Waals surface area contributed by atoms with E-state index in [0.717, 1.165) is 31.9 Å². The summed E-state index contributed by atoms with van der Waals surface area (Å²) in [5, 5.41) is 3.26. The number of nitrogen functional groups attached to an aromatic ring is 2. The van der Waals surface area contributed by atoms with Crippen molar-refractivity contribution in [2.24, 2.45) is 0 Å². The standard InChI is InChI=1S/C22H25FN6O/c1-13(19-21(25)20-15(23)4-3-5-17(20)27-22(19)30)26-18-12-14(6-7-16(18)24)29-10-8-28(2)9-11-29/h3-7,12,26H,1,8-11,24H2,2H3,(H3,25,27,30). The van der Waals surface area contributed by atoms with E-state index in [-0.39, 0.29) is 22.3 Å². The predicted molar refractivity (Wildman–Crippen MR) is 122 cm³/mol. The van der Waals surface area contributed by atoms with E-state index in [1.807, 2.05) is 18.2 Å². The summed E-state index contributed by atoms with van der Waals surface area (Å²) in [6.45, 7) is 7.75. The molecule has 0 unspecified atom stereocenters. The highest BCUT2D eigenvalue weighted by molar-refractivity contribution is 5.98. The van der Waals surface area contributed by atoms with Gasteiger partial charge in [-0.05, 0) is 37.4 Å². The number of aromatic nitrogens is 1. The molecule has 0 bridgehead atoms. The van der Waals surface area contributed by atoms with Gasteiger partial charge >= 0.3 is 0 Å². The lowest BCUT2D eigenvalue weighted by Gasteiger charge is -2.34.